The van der Waals surface area contributed by atoms with Crippen LogP contribution in [0.5, 0.6) is 0 Å². The van der Waals surface area contributed by atoms with Gasteiger partial charge in [0, 0.05) is 5.75 Å². The number of allylic oxidation sites excluding steroid dienone is 4. The molecule has 0 N–H and O–H groups in total. The lowest BCUT2D eigenvalue weighted by molar-refractivity contribution is -0.691. The third kappa shape index (κ3) is 3.36. The normalized spacial score (nSPS) is 13.7. The van der Waals surface area contributed by atoms with Crippen LogP contribution in [-0.2, 0) is 6.54 Å². The predicted octanol–water partition coefficient (Wildman–Crippen LogP) is 4.27. The fourth-order valence-corrected chi connectivity index (χ4v) is 4.01. The van der Waals surface area contributed by atoms with Crippen LogP contribution in [0.15, 0.2) is 54.0 Å². The molecule has 0 aliphatic heterocycles. The van der Waals surface area contributed by atoms with Crippen LogP contribution >= 0.6 is 11.8 Å². The lowest BCUT2D eigenvalue weighted by Crippen LogP contribution is -2.32. The van der Waals surface area contributed by atoms with Gasteiger partial charge in [0.2, 0.25) is 6.33 Å². The number of hydrogen-bond acceptors (Lipinski definition) is 1. The lowest BCUT2D eigenvalue weighted by atomic mass is 10.1. The van der Waals surface area contributed by atoms with Crippen molar-refractivity contribution in [2.24, 2.45) is 0 Å². The molecule has 1 heterocycles. The van der Waals surface area contributed by atoms with Gasteiger partial charge in [0.15, 0.2) is 0 Å². The molecule has 2 nitrogen and oxygen atoms in total. The van der Waals surface area contributed by atoms with Gasteiger partial charge in [0.25, 0.3) is 0 Å². The van der Waals surface area contributed by atoms with Crippen molar-refractivity contribution in [2.45, 2.75) is 33.7 Å². The Hall–Kier alpha value is -1.74. The molecular formula is C19H23N2S+. The zero-order valence-electron chi connectivity index (χ0n) is 13.5. The van der Waals surface area contributed by atoms with Crippen LogP contribution in [0.3, 0.4) is 0 Å². The van der Waals surface area contributed by atoms with Crippen molar-refractivity contribution >= 4 is 11.8 Å². The van der Waals surface area contributed by atoms with E-state index >= 15 is 0 Å². The summed E-state index contributed by atoms with van der Waals surface area (Å²) in [5.41, 5.74) is 5.29. The van der Waals surface area contributed by atoms with Crippen molar-refractivity contribution in [2.75, 3.05) is 5.75 Å². The van der Waals surface area contributed by atoms with Crippen LogP contribution in [0, 0.1) is 20.8 Å². The molecule has 0 bridgehead atoms. The number of aryl methyl sites for hydroxylation is 4. The second-order valence-electron chi connectivity index (χ2n) is 5.92. The SMILES string of the molecule is Cc1cc(C)c(-n2cc[n+](CCSC3=CC=CC3)c2)c(C)c1. The number of aromatic nitrogens is 2. The van der Waals surface area contributed by atoms with E-state index in [1.54, 1.807) is 0 Å². The van der Waals surface area contributed by atoms with E-state index in [0.29, 0.717) is 0 Å². The van der Waals surface area contributed by atoms with Gasteiger partial charge in [-0.15, -0.1) is 11.8 Å². The molecule has 1 aromatic heterocycles. The maximum absolute atomic E-state index is 2.27. The summed E-state index contributed by atoms with van der Waals surface area (Å²) >= 11 is 1.96. The van der Waals surface area contributed by atoms with Crippen molar-refractivity contribution in [1.29, 1.82) is 0 Å². The zero-order chi connectivity index (χ0) is 15.5. The predicted molar refractivity (Wildman–Crippen MR) is 94.5 cm³/mol. The summed E-state index contributed by atoms with van der Waals surface area (Å²) in [5, 5.41) is 0. The molecule has 0 saturated heterocycles. The van der Waals surface area contributed by atoms with Gasteiger partial charge in [-0.2, -0.15) is 0 Å². The highest BCUT2D eigenvalue weighted by Gasteiger charge is 2.13. The minimum Gasteiger partial charge on any atom is -0.236 e. The molecule has 0 amide bonds. The smallest absolute Gasteiger partial charge is 0.236 e. The Labute approximate surface area is 137 Å². The van der Waals surface area contributed by atoms with Crippen LogP contribution in [-0.4, -0.2) is 10.3 Å². The maximum atomic E-state index is 2.27. The molecule has 3 heteroatoms. The summed E-state index contributed by atoms with van der Waals surface area (Å²) < 4.78 is 4.51. The van der Waals surface area contributed by atoms with E-state index in [-0.39, 0.29) is 0 Å². The van der Waals surface area contributed by atoms with Gasteiger partial charge in [-0.3, -0.25) is 0 Å². The van der Waals surface area contributed by atoms with Crippen LogP contribution in [0.4, 0.5) is 0 Å². The van der Waals surface area contributed by atoms with Gasteiger partial charge in [0.05, 0.1) is 6.54 Å². The van der Waals surface area contributed by atoms with E-state index in [1.165, 1.54) is 27.3 Å². The molecule has 1 aliphatic rings. The quantitative estimate of drug-likeness (QED) is 0.749. The molecule has 1 aliphatic carbocycles. The first-order valence-corrected chi connectivity index (χ1v) is 8.76. The average Bonchev–Trinajstić information content (AvgIpc) is 3.10. The van der Waals surface area contributed by atoms with Crippen LogP contribution in [0.2, 0.25) is 0 Å². The van der Waals surface area contributed by atoms with E-state index in [1.807, 2.05) is 11.8 Å². The first-order chi connectivity index (χ1) is 10.6. The monoisotopic (exact) mass is 311 g/mol. The summed E-state index contributed by atoms with van der Waals surface area (Å²) in [6.45, 7) is 7.58. The Bertz CT molecular complexity index is 715. The molecule has 2 aromatic rings. The molecule has 0 unspecified atom stereocenters. The lowest BCUT2D eigenvalue weighted by Gasteiger charge is -2.07. The molecule has 0 atom stereocenters. The minimum atomic E-state index is 1.04. The van der Waals surface area contributed by atoms with Gasteiger partial charge >= 0.3 is 0 Å². The number of nitrogens with zero attached hydrogens (tertiary/aromatic N) is 2. The Morgan fingerprint density at radius 3 is 2.64 bits per heavy atom. The number of benzene rings is 1. The van der Waals surface area contributed by atoms with Gasteiger partial charge < -0.3 is 0 Å². The minimum absolute atomic E-state index is 1.04. The van der Waals surface area contributed by atoms with Crippen molar-refractivity contribution in [3.63, 3.8) is 0 Å². The van der Waals surface area contributed by atoms with Crippen LogP contribution in [0.25, 0.3) is 5.69 Å². The van der Waals surface area contributed by atoms with Gasteiger partial charge in [-0.25, -0.2) is 9.13 Å². The van der Waals surface area contributed by atoms with E-state index in [4.69, 9.17) is 0 Å². The first kappa shape index (κ1) is 15.2. The number of rotatable bonds is 5. The topological polar surface area (TPSA) is 8.81 Å². The Kier molecular flexibility index (Phi) is 4.53. The second-order valence-corrected chi connectivity index (χ2v) is 7.14. The molecular weight excluding hydrogens is 288 g/mol. The second kappa shape index (κ2) is 6.57. The van der Waals surface area contributed by atoms with E-state index in [0.717, 1.165) is 18.7 Å². The Morgan fingerprint density at radius 1 is 1.18 bits per heavy atom. The summed E-state index contributed by atoms with van der Waals surface area (Å²) in [6.07, 6.45) is 14.2. The van der Waals surface area contributed by atoms with Crippen molar-refractivity contribution in [1.82, 2.24) is 4.57 Å². The van der Waals surface area contributed by atoms with E-state index in [2.05, 4.69) is 79.0 Å². The Balaban J connectivity index is 1.68. The molecule has 114 valence electrons. The first-order valence-electron chi connectivity index (χ1n) is 7.77. The summed E-state index contributed by atoms with van der Waals surface area (Å²) in [4.78, 5) is 1.48. The fraction of sp³-hybridized carbons (Fsp3) is 0.316. The number of imidazole rings is 1. The van der Waals surface area contributed by atoms with Crippen molar-refractivity contribution in [3.8, 4) is 5.69 Å². The molecule has 0 spiro atoms. The zero-order valence-corrected chi connectivity index (χ0v) is 14.4. The molecule has 22 heavy (non-hydrogen) atoms. The highest BCUT2D eigenvalue weighted by Crippen LogP contribution is 2.23. The van der Waals surface area contributed by atoms with Crippen LogP contribution in [0.1, 0.15) is 23.1 Å². The summed E-state index contributed by atoms with van der Waals surface area (Å²) in [7, 11) is 0. The Morgan fingerprint density at radius 2 is 1.95 bits per heavy atom. The molecule has 1 aromatic carbocycles. The standard InChI is InChI=1S/C19H23N2S/c1-15-12-16(2)19(17(3)13-15)21-9-8-20(14-21)10-11-22-18-6-4-5-7-18/h4-6,8-9,12-14H,7,10-11H2,1-3H3/q+1. The number of hydrogen-bond donors (Lipinski definition) is 0. The average molecular weight is 311 g/mol. The highest BCUT2D eigenvalue weighted by molar-refractivity contribution is 8.03. The number of thioether (sulfide) groups is 1. The highest BCUT2D eigenvalue weighted by atomic mass is 32.2. The molecule has 3 rings (SSSR count). The largest absolute Gasteiger partial charge is 0.249 e. The fourth-order valence-electron chi connectivity index (χ4n) is 3.06. The molecule has 0 fully saturated rings. The van der Waals surface area contributed by atoms with Gasteiger partial charge in [-0.05, 0) is 43.2 Å². The van der Waals surface area contributed by atoms with Gasteiger partial charge in [0.1, 0.15) is 18.1 Å². The molecule has 0 radical (unpaired) electrons. The summed E-state index contributed by atoms with van der Waals surface area (Å²) in [6, 6.07) is 4.50. The van der Waals surface area contributed by atoms with E-state index < -0.39 is 0 Å². The molecule has 0 saturated carbocycles. The van der Waals surface area contributed by atoms with Crippen LogP contribution < -0.4 is 4.57 Å². The van der Waals surface area contributed by atoms with Crippen molar-refractivity contribution < 1.29 is 4.57 Å². The third-order valence-corrected chi connectivity index (χ3v) is 5.02. The van der Waals surface area contributed by atoms with Gasteiger partial charge in [-0.1, -0.05) is 35.9 Å². The van der Waals surface area contributed by atoms with Crippen molar-refractivity contribution in [3.05, 3.63) is 70.7 Å². The third-order valence-electron chi connectivity index (χ3n) is 3.96. The van der Waals surface area contributed by atoms with E-state index in [9.17, 15) is 0 Å². The maximum Gasteiger partial charge on any atom is 0.249 e. The summed E-state index contributed by atoms with van der Waals surface area (Å²) in [5.74, 6) is 1.12.